The molecule has 2 N–H and O–H groups in total. The van der Waals surface area contributed by atoms with Gasteiger partial charge in [0.2, 0.25) is 0 Å². The van der Waals surface area contributed by atoms with E-state index in [1.54, 1.807) is 0 Å². The van der Waals surface area contributed by atoms with Gasteiger partial charge in [0.25, 0.3) is 5.91 Å². The van der Waals surface area contributed by atoms with Crippen LogP contribution in [0.4, 0.5) is 13.9 Å². The molecule has 1 atom stereocenters. The molecule has 0 aliphatic carbocycles. The minimum Gasteiger partial charge on any atom is -0.508 e. The summed E-state index contributed by atoms with van der Waals surface area (Å²) in [4.78, 5) is 31.3. The van der Waals surface area contributed by atoms with Crippen molar-refractivity contribution in [3.8, 4) is 5.75 Å². The molecule has 31 heavy (non-hydrogen) atoms. The van der Waals surface area contributed by atoms with Crippen molar-refractivity contribution in [3.63, 3.8) is 0 Å². The second-order valence-corrected chi connectivity index (χ2v) is 8.69. The fourth-order valence-electron chi connectivity index (χ4n) is 3.55. The Bertz CT molecular complexity index is 1200. The van der Waals surface area contributed by atoms with Crippen LogP contribution in [0.1, 0.15) is 31.9 Å². The Morgan fingerprint density at radius 2 is 1.81 bits per heavy atom. The smallest absolute Gasteiger partial charge is 0.296 e. The first-order chi connectivity index (χ1) is 14.7. The van der Waals surface area contributed by atoms with Crippen molar-refractivity contribution in [2.75, 3.05) is 4.90 Å². The number of fused-ring (bicyclic) bond motifs is 1. The average Bonchev–Trinajstić information content (AvgIpc) is 3.20. The highest BCUT2D eigenvalue weighted by molar-refractivity contribution is 7.22. The van der Waals surface area contributed by atoms with Crippen LogP contribution in [0.15, 0.2) is 47.7 Å². The topological polar surface area (TPSA) is 90.7 Å². The molecule has 1 aliphatic heterocycles. The molecule has 2 aromatic carbocycles. The summed E-state index contributed by atoms with van der Waals surface area (Å²) in [7, 11) is 0. The zero-order chi connectivity index (χ0) is 22.4. The lowest BCUT2D eigenvalue weighted by Crippen LogP contribution is -2.31. The van der Waals surface area contributed by atoms with Crippen LogP contribution in [0, 0.1) is 17.6 Å². The highest BCUT2D eigenvalue weighted by atomic mass is 32.1. The van der Waals surface area contributed by atoms with Crippen molar-refractivity contribution in [1.29, 1.82) is 0 Å². The zero-order valence-electron chi connectivity index (χ0n) is 16.6. The van der Waals surface area contributed by atoms with E-state index in [1.807, 2.05) is 13.8 Å². The first kappa shape index (κ1) is 20.9. The Labute approximate surface area is 180 Å². The maximum Gasteiger partial charge on any atom is 0.296 e. The minimum atomic E-state index is -1.07. The first-order valence-corrected chi connectivity index (χ1v) is 10.3. The molecule has 0 saturated heterocycles. The van der Waals surface area contributed by atoms with Gasteiger partial charge in [-0.15, -0.1) is 0 Å². The molecule has 6 nitrogen and oxygen atoms in total. The van der Waals surface area contributed by atoms with E-state index in [4.69, 9.17) is 0 Å². The average molecular weight is 444 g/mol. The summed E-state index contributed by atoms with van der Waals surface area (Å²) in [5.74, 6) is -4.02. The first-order valence-electron chi connectivity index (χ1n) is 9.51. The van der Waals surface area contributed by atoms with E-state index in [-0.39, 0.29) is 40.1 Å². The van der Waals surface area contributed by atoms with Gasteiger partial charge in [-0.25, -0.2) is 13.8 Å². The van der Waals surface area contributed by atoms with Crippen molar-refractivity contribution in [3.05, 3.63) is 64.9 Å². The largest absolute Gasteiger partial charge is 0.508 e. The molecule has 0 fully saturated rings. The van der Waals surface area contributed by atoms with Gasteiger partial charge in [-0.3, -0.25) is 14.5 Å². The van der Waals surface area contributed by atoms with E-state index in [1.165, 1.54) is 24.3 Å². The lowest BCUT2D eigenvalue weighted by atomic mass is 9.92. The highest BCUT2D eigenvalue weighted by Crippen LogP contribution is 2.44. The lowest BCUT2D eigenvalue weighted by Gasteiger charge is -2.24. The lowest BCUT2D eigenvalue weighted by molar-refractivity contribution is -0.118. The van der Waals surface area contributed by atoms with Gasteiger partial charge in [-0.2, -0.15) is 0 Å². The summed E-state index contributed by atoms with van der Waals surface area (Å²) in [6.45, 7) is 3.69. The number of halogens is 2. The molecular weight excluding hydrogens is 426 g/mol. The third kappa shape index (κ3) is 3.65. The Morgan fingerprint density at radius 1 is 1.16 bits per heavy atom. The van der Waals surface area contributed by atoms with Crippen LogP contribution in [0.25, 0.3) is 10.2 Å². The van der Waals surface area contributed by atoms with Crippen LogP contribution in [-0.4, -0.2) is 26.9 Å². The molecule has 9 heteroatoms. The molecule has 0 bridgehead atoms. The van der Waals surface area contributed by atoms with E-state index in [9.17, 15) is 28.6 Å². The van der Waals surface area contributed by atoms with Gasteiger partial charge in [0.1, 0.15) is 5.75 Å². The van der Waals surface area contributed by atoms with Gasteiger partial charge < -0.3 is 10.2 Å². The number of ketones is 1. The summed E-state index contributed by atoms with van der Waals surface area (Å²) < 4.78 is 27.6. The van der Waals surface area contributed by atoms with Crippen LogP contribution < -0.4 is 4.90 Å². The highest BCUT2D eigenvalue weighted by Gasteiger charge is 2.45. The number of carbonyl (C=O) groups excluding carboxylic acids is 2. The third-order valence-electron chi connectivity index (χ3n) is 4.94. The molecule has 1 unspecified atom stereocenters. The Hall–Kier alpha value is -3.33. The van der Waals surface area contributed by atoms with Crippen LogP contribution in [0.5, 0.6) is 5.75 Å². The molecule has 4 rings (SSSR count). The summed E-state index contributed by atoms with van der Waals surface area (Å²) >= 11 is 0.941. The number of hydrogen-bond donors (Lipinski definition) is 2. The van der Waals surface area contributed by atoms with Crippen LogP contribution in [0.2, 0.25) is 0 Å². The number of phenols is 1. The van der Waals surface area contributed by atoms with E-state index >= 15 is 0 Å². The normalized spacial score (nSPS) is 16.7. The number of Topliss-reactive ketones (excluding diaryl/α,β-unsaturated/α-hetero) is 1. The summed E-state index contributed by atoms with van der Waals surface area (Å²) in [5, 5.41) is 20.3. The van der Waals surface area contributed by atoms with Gasteiger partial charge in [0, 0.05) is 12.5 Å². The summed E-state index contributed by atoms with van der Waals surface area (Å²) in [6.07, 6.45) is 0.116. The van der Waals surface area contributed by atoms with E-state index < -0.39 is 29.3 Å². The number of benzene rings is 2. The fourth-order valence-corrected chi connectivity index (χ4v) is 4.55. The number of anilines is 1. The Balaban J connectivity index is 1.87. The van der Waals surface area contributed by atoms with E-state index in [0.717, 1.165) is 28.4 Å². The van der Waals surface area contributed by atoms with Crippen LogP contribution >= 0.6 is 11.3 Å². The van der Waals surface area contributed by atoms with Gasteiger partial charge in [0.15, 0.2) is 28.3 Å². The predicted molar refractivity (Wildman–Crippen MR) is 112 cm³/mol. The van der Waals surface area contributed by atoms with Crippen LogP contribution in [-0.2, 0) is 9.59 Å². The molecule has 0 spiro atoms. The van der Waals surface area contributed by atoms with Gasteiger partial charge in [0.05, 0.1) is 21.8 Å². The number of thiazole rings is 1. The van der Waals surface area contributed by atoms with Crippen molar-refractivity contribution < 1.29 is 28.6 Å². The number of aliphatic hydroxyl groups excluding tert-OH is 1. The number of hydrogen-bond acceptors (Lipinski definition) is 6. The summed E-state index contributed by atoms with van der Waals surface area (Å²) in [5.41, 5.74) is 0.553. The number of aromatic nitrogens is 1. The Morgan fingerprint density at radius 3 is 2.45 bits per heavy atom. The van der Waals surface area contributed by atoms with Gasteiger partial charge in [-0.1, -0.05) is 37.3 Å². The predicted octanol–water partition coefficient (Wildman–Crippen LogP) is 4.80. The number of nitrogens with zero attached hydrogens (tertiary/aromatic N) is 2. The van der Waals surface area contributed by atoms with Crippen molar-refractivity contribution in [1.82, 2.24) is 4.98 Å². The van der Waals surface area contributed by atoms with Gasteiger partial charge >= 0.3 is 0 Å². The minimum absolute atomic E-state index is 0.00572. The van der Waals surface area contributed by atoms with Crippen LogP contribution in [0.3, 0.4) is 0 Å². The van der Waals surface area contributed by atoms with E-state index in [2.05, 4.69) is 4.98 Å². The maximum absolute atomic E-state index is 13.6. The SMILES string of the molecule is CC(C)CC(=O)C1=C(O)C(=O)N(c2nc3cc(F)c(F)cc3s2)C1c1ccc(O)cc1. The third-order valence-corrected chi connectivity index (χ3v) is 5.95. The molecule has 3 aromatic rings. The van der Waals surface area contributed by atoms with Crippen molar-refractivity contribution in [2.45, 2.75) is 26.3 Å². The maximum atomic E-state index is 13.6. The number of carbonyl (C=O) groups is 2. The molecule has 1 aromatic heterocycles. The molecular formula is C22H18F2N2O4S. The summed E-state index contributed by atoms with van der Waals surface area (Å²) in [6, 6.07) is 6.80. The quantitative estimate of drug-likeness (QED) is 0.590. The molecule has 160 valence electrons. The molecule has 1 amide bonds. The molecule has 1 aliphatic rings. The van der Waals surface area contributed by atoms with Crippen molar-refractivity contribution >= 4 is 38.4 Å². The second-order valence-electron chi connectivity index (χ2n) is 7.68. The molecule has 0 radical (unpaired) electrons. The molecule has 2 heterocycles. The number of aromatic hydroxyl groups is 1. The Kier molecular flexibility index (Phi) is 5.22. The number of rotatable bonds is 5. The standard InChI is InChI=1S/C22H18F2N2O4S/c1-10(2)7-16(28)18-19(11-3-5-12(27)6-4-11)26(21(30)20(18)29)22-25-15-8-13(23)14(24)9-17(15)31-22/h3-6,8-10,19,27,29H,7H2,1-2H3. The van der Waals surface area contributed by atoms with Gasteiger partial charge in [-0.05, 0) is 29.7 Å². The zero-order valence-corrected chi connectivity index (χ0v) is 17.4. The van der Waals surface area contributed by atoms with Crippen molar-refractivity contribution in [2.24, 2.45) is 5.92 Å². The molecule has 0 saturated carbocycles. The fraction of sp³-hybridized carbons (Fsp3) is 0.227. The second kappa shape index (κ2) is 7.73. The van der Waals surface area contributed by atoms with E-state index in [0.29, 0.717) is 10.3 Å². The number of aliphatic hydroxyl groups is 1. The number of amides is 1. The monoisotopic (exact) mass is 444 g/mol. The number of phenolic OH excluding ortho intramolecular Hbond substituents is 1.